The number of nitrogens with two attached hydrogens (primary N) is 1. The van der Waals surface area contributed by atoms with E-state index in [4.69, 9.17) is 10.5 Å². The van der Waals surface area contributed by atoms with E-state index >= 15 is 0 Å². The lowest BCUT2D eigenvalue weighted by atomic mass is 10.3. The largest absolute Gasteiger partial charge is 0.491 e. The number of rotatable bonds is 2. The van der Waals surface area contributed by atoms with Gasteiger partial charge >= 0.3 is 0 Å². The van der Waals surface area contributed by atoms with E-state index in [2.05, 4.69) is 0 Å². The quantitative estimate of drug-likeness (QED) is 0.711. The van der Waals surface area contributed by atoms with Crippen LogP contribution < -0.4 is 10.5 Å². The molecule has 13 heavy (non-hydrogen) atoms. The van der Waals surface area contributed by atoms with E-state index in [1.165, 1.54) is 0 Å². The van der Waals surface area contributed by atoms with Gasteiger partial charge in [0.25, 0.3) is 0 Å². The third-order valence-corrected chi connectivity index (χ3v) is 1.25. The third-order valence-electron chi connectivity index (χ3n) is 1.25. The van der Waals surface area contributed by atoms with E-state index in [0.717, 1.165) is 11.4 Å². The van der Waals surface area contributed by atoms with Crippen molar-refractivity contribution in [1.29, 1.82) is 0 Å². The van der Waals surface area contributed by atoms with Gasteiger partial charge in [-0.1, -0.05) is 13.8 Å². The van der Waals surface area contributed by atoms with Gasteiger partial charge in [0.2, 0.25) is 0 Å². The number of ether oxygens (including phenoxy) is 1. The van der Waals surface area contributed by atoms with Crippen LogP contribution in [0.15, 0.2) is 24.3 Å². The van der Waals surface area contributed by atoms with Crippen LogP contribution in [0, 0.1) is 0 Å². The summed E-state index contributed by atoms with van der Waals surface area (Å²) in [4.78, 5) is 0. The summed E-state index contributed by atoms with van der Waals surface area (Å²) in [6.07, 6.45) is 0.221. The molecule has 0 fully saturated rings. The van der Waals surface area contributed by atoms with Crippen LogP contribution in [-0.4, -0.2) is 6.10 Å². The zero-order chi connectivity index (χ0) is 10.3. The van der Waals surface area contributed by atoms with Crippen molar-refractivity contribution in [3.63, 3.8) is 0 Å². The highest BCUT2D eigenvalue weighted by Gasteiger charge is 1.94. The summed E-state index contributed by atoms with van der Waals surface area (Å²) in [5.41, 5.74) is 6.27. The Balaban J connectivity index is 0.000000671. The lowest BCUT2D eigenvalue weighted by Gasteiger charge is -2.08. The summed E-state index contributed by atoms with van der Waals surface area (Å²) in [5, 5.41) is 0. The third kappa shape index (κ3) is 5.12. The van der Waals surface area contributed by atoms with Gasteiger partial charge in [0.05, 0.1) is 6.10 Å². The molecule has 0 aromatic heterocycles. The molecule has 0 saturated carbocycles. The van der Waals surface area contributed by atoms with Crippen LogP contribution in [0.4, 0.5) is 5.69 Å². The molecule has 0 aliphatic rings. The van der Waals surface area contributed by atoms with Gasteiger partial charge in [-0.2, -0.15) is 0 Å². The topological polar surface area (TPSA) is 35.2 Å². The molecule has 0 aliphatic heterocycles. The number of nitrogen functional groups attached to an aromatic ring is 1. The second kappa shape index (κ2) is 6.35. The van der Waals surface area contributed by atoms with Crippen molar-refractivity contribution in [3.05, 3.63) is 24.3 Å². The standard InChI is InChI=1S/C9H13NO.C2H6/c1-7(2)11-9-5-3-8(10)4-6-9;1-2/h3-7H,10H2,1-2H3;1-2H3. The van der Waals surface area contributed by atoms with E-state index in [1.807, 2.05) is 52.0 Å². The zero-order valence-corrected chi connectivity index (χ0v) is 8.87. The smallest absolute Gasteiger partial charge is 0.119 e. The number of anilines is 1. The number of benzene rings is 1. The first-order chi connectivity index (χ1) is 6.18. The minimum Gasteiger partial charge on any atom is -0.491 e. The molecule has 74 valence electrons. The Hall–Kier alpha value is -1.18. The fraction of sp³-hybridized carbons (Fsp3) is 0.455. The fourth-order valence-electron chi connectivity index (χ4n) is 0.819. The van der Waals surface area contributed by atoms with Gasteiger partial charge in [0, 0.05) is 5.69 Å². The molecule has 1 rings (SSSR count). The average Bonchev–Trinajstić information content (AvgIpc) is 2.12. The molecule has 2 heteroatoms. The molecule has 1 aromatic carbocycles. The zero-order valence-electron chi connectivity index (χ0n) is 8.87. The Morgan fingerprint density at radius 1 is 1.08 bits per heavy atom. The van der Waals surface area contributed by atoms with Crippen molar-refractivity contribution in [3.8, 4) is 5.75 Å². The van der Waals surface area contributed by atoms with Gasteiger partial charge in [0.1, 0.15) is 5.75 Å². The molecular weight excluding hydrogens is 162 g/mol. The van der Waals surface area contributed by atoms with Crippen LogP contribution in [0.2, 0.25) is 0 Å². The van der Waals surface area contributed by atoms with Crippen LogP contribution >= 0.6 is 0 Å². The molecule has 1 aromatic rings. The van der Waals surface area contributed by atoms with Crippen molar-refractivity contribution in [1.82, 2.24) is 0 Å². The van der Waals surface area contributed by atoms with Gasteiger partial charge < -0.3 is 10.5 Å². The van der Waals surface area contributed by atoms with Crippen molar-refractivity contribution in [2.24, 2.45) is 0 Å². The lowest BCUT2D eigenvalue weighted by molar-refractivity contribution is 0.242. The maximum Gasteiger partial charge on any atom is 0.119 e. The second-order valence-corrected chi connectivity index (χ2v) is 2.74. The normalized spacial score (nSPS) is 9.00. The predicted octanol–water partition coefficient (Wildman–Crippen LogP) is 3.08. The first kappa shape index (κ1) is 11.8. The van der Waals surface area contributed by atoms with Gasteiger partial charge in [0.15, 0.2) is 0 Å². The Labute approximate surface area is 80.7 Å². The summed E-state index contributed by atoms with van der Waals surface area (Å²) < 4.78 is 5.41. The molecule has 0 aliphatic carbocycles. The summed E-state index contributed by atoms with van der Waals surface area (Å²) in [7, 11) is 0. The molecule has 2 nitrogen and oxygen atoms in total. The highest BCUT2D eigenvalue weighted by Crippen LogP contribution is 2.14. The molecule has 0 bridgehead atoms. The lowest BCUT2D eigenvalue weighted by Crippen LogP contribution is -2.05. The average molecular weight is 181 g/mol. The maximum absolute atomic E-state index is 5.50. The number of hydrogen-bond donors (Lipinski definition) is 1. The van der Waals surface area contributed by atoms with Crippen LogP contribution in [0.5, 0.6) is 5.75 Å². The van der Waals surface area contributed by atoms with Crippen molar-refractivity contribution < 1.29 is 4.74 Å². The molecule has 0 amide bonds. The number of hydrogen-bond acceptors (Lipinski definition) is 2. The highest BCUT2D eigenvalue weighted by molar-refractivity contribution is 5.41. The molecule has 0 atom stereocenters. The molecule has 0 radical (unpaired) electrons. The van der Waals surface area contributed by atoms with Crippen molar-refractivity contribution in [2.45, 2.75) is 33.8 Å². The Morgan fingerprint density at radius 3 is 1.92 bits per heavy atom. The maximum atomic E-state index is 5.50. The van der Waals surface area contributed by atoms with Crippen molar-refractivity contribution in [2.75, 3.05) is 5.73 Å². The molecule has 0 unspecified atom stereocenters. The van der Waals surface area contributed by atoms with Crippen LogP contribution in [0.3, 0.4) is 0 Å². The summed E-state index contributed by atoms with van der Waals surface area (Å²) >= 11 is 0. The molecule has 0 heterocycles. The van der Waals surface area contributed by atoms with E-state index in [9.17, 15) is 0 Å². The van der Waals surface area contributed by atoms with Gasteiger partial charge in [-0.25, -0.2) is 0 Å². The summed E-state index contributed by atoms with van der Waals surface area (Å²) in [6.45, 7) is 7.99. The van der Waals surface area contributed by atoms with E-state index in [1.54, 1.807) is 0 Å². The minimum atomic E-state index is 0.221. The van der Waals surface area contributed by atoms with Gasteiger partial charge in [-0.15, -0.1) is 0 Å². The fourth-order valence-corrected chi connectivity index (χ4v) is 0.819. The van der Waals surface area contributed by atoms with E-state index in [-0.39, 0.29) is 6.10 Å². The second-order valence-electron chi connectivity index (χ2n) is 2.74. The van der Waals surface area contributed by atoms with Crippen LogP contribution in [-0.2, 0) is 0 Å². The summed E-state index contributed by atoms with van der Waals surface area (Å²) in [5.74, 6) is 0.870. The summed E-state index contributed by atoms with van der Waals surface area (Å²) in [6, 6.07) is 7.40. The predicted molar refractivity (Wildman–Crippen MR) is 58.0 cm³/mol. The molecule has 2 N–H and O–H groups in total. The molecule has 0 spiro atoms. The Morgan fingerprint density at radius 2 is 1.54 bits per heavy atom. The van der Waals surface area contributed by atoms with E-state index in [0.29, 0.717) is 0 Å². The molecule has 0 saturated heterocycles. The Kier molecular flexibility index (Phi) is 5.77. The first-order valence-electron chi connectivity index (χ1n) is 4.70. The Bertz CT molecular complexity index is 216. The van der Waals surface area contributed by atoms with Crippen LogP contribution in [0.25, 0.3) is 0 Å². The molecular formula is C11H19NO. The first-order valence-corrected chi connectivity index (χ1v) is 4.70. The SMILES string of the molecule is CC.CC(C)Oc1ccc(N)cc1. The van der Waals surface area contributed by atoms with Crippen LogP contribution in [0.1, 0.15) is 27.7 Å². The van der Waals surface area contributed by atoms with Gasteiger partial charge in [-0.3, -0.25) is 0 Å². The van der Waals surface area contributed by atoms with Gasteiger partial charge in [-0.05, 0) is 38.1 Å². The highest BCUT2D eigenvalue weighted by atomic mass is 16.5. The van der Waals surface area contributed by atoms with E-state index < -0.39 is 0 Å². The van der Waals surface area contributed by atoms with Crippen molar-refractivity contribution >= 4 is 5.69 Å². The minimum absolute atomic E-state index is 0.221. The monoisotopic (exact) mass is 181 g/mol.